The quantitative estimate of drug-likeness (QED) is 0.331. The number of nitrogen functional groups attached to an aromatic ring is 1. The standard InChI is InChI=1S/C18H7Cl2F10N3O/c19-9-3-7(15(22,17(25,26)27)16(23,24)18(28,29)30)4-10(20)13(9)33-14(34)8-2-1-6(5-31)12(32)11(8)21/h1-4H,32H2,(H,33,34). The number of alkyl halides is 9. The third-order valence-electron chi connectivity index (χ3n) is 4.40. The Kier molecular flexibility index (Phi) is 6.99. The molecule has 0 saturated heterocycles. The average molecular weight is 542 g/mol. The number of carbonyl (C=O) groups excluding carboxylic acids is 1. The van der Waals surface area contributed by atoms with Crippen molar-refractivity contribution in [2.24, 2.45) is 0 Å². The molecule has 0 aliphatic carbocycles. The summed E-state index contributed by atoms with van der Waals surface area (Å²) in [5, 5.41) is 8.18. The van der Waals surface area contributed by atoms with E-state index in [1.807, 2.05) is 0 Å². The zero-order valence-corrected chi connectivity index (χ0v) is 17.3. The van der Waals surface area contributed by atoms with E-state index in [-0.39, 0.29) is 17.7 Å². The van der Waals surface area contributed by atoms with Crippen LogP contribution in [0.3, 0.4) is 0 Å². The maximum atomic E-state index is 14.6. The number of nitrogens with one attached hydrogen (secondary N) is 1. The molecule has 0 saturated carbocycles. The van der Waals surface area contributed by atoms with Crippen LogP contribution in [0.25, 0.3) is 0 Å². The predicted octanol–water partition coefficient (Wildman–Crippen LogP) is 6.76. The summed E-state index contributed by atoms with van der Waals surface area (Å²) in [6, 6.07) is 2.72. The first kappa shape index (κ1) is 27.3. The van der Waals surface area contributed by atoms with E-state index in [9.17, 15) is 48.7 Å². The number of nitrogens with two attached hydrogens (primary N) is 1. The molecule has 184 valence electrons. The fraction of sp³-hybridized carbons (Fsp3) is 0.222. The first-order valence-electron chi connectivity index (χ1n) is 8.30. The second-order valence-corrected chi connectivity index (χ2v) is 7.31. The summed E-state index contributed by atoms with van der Waals surface area (Å²) in [5.41, 5.74) is -6.11. The second kappa shape index (κ2) is 8.70. The molecule has 2 aromatic rings. The maximum absolute atomic E-state index is 14.6. The van der Waals surface area contributed by atoms with Gasteiger partial charge in [0.05, 0.1) is 32.5 Å². The van der Waals surface area contributed by atoms with Crippen LogP contribution >= 0.6 is 23.2 Å². The largest absolute Gasteiger partial charge is 0.457 e. The Morgan fingerprint density at radius 2 is 1.44 bits per heavy atom. The van der Waals surface area contributed by atoms with Crippen molar-refractivity contribution in [3.63, 3.8) is 0 Å². The van der Waals surface area contributed by atoms with Crippen LogP contribution in [0.15, 0.2) is 24.3 Å². The zero-order valence-electron chi connectivity index (χ0n) is 15.8. The lowest BCUT2D eigenvalue weighted by molar-refractivity contribution is -0.389. The number of hydrogen-bond acceptors (Lipinski definition) is 3. The molecular weight excluding hydrogens is 535 g/mol. The fourth-order valence-corrected chi connectivity index (χ4v) is 3.24. The van der Waals surface area contributed by atoms with Crippen molar-refractivity contribution in [3.8, 4) is 6.07 Å². The molecule has 1 amide bonds. The number of anilines is 2. The van der Waals surface area contributed by atoms with Gasteiger partial charge in [0.15, 0.2) is 5.82 Å². The molecule has 0 aromatic heterocycles. The summed E-state index contributed by atoms with van der Waals surface area (Å²) in [4.78, 5) is 12.3. The molecule has 0 radical (unpaired) electrons. The molecule has 2 aromatic carbocycles. The molecule has 0 bridgehead atoms. The normalized spacial score (nSPS) is 14.3. The minimum absolute atomic E-state index is 0.250. The lowest BCUT2D eigenvalue weighted by Gasteiger charge is -2.36. The van der Waals surface area contributed by atoms with Crippen LogP contribution in [0.1, 0.15) is 21.5 Å². The Hall–Kier alpha value is -2.92. The van der Waals surface area contributed by atoms with Crippen molar-refractivity contribution in [2.45, 2.75) is 23.9 Å². The van der Waals surface area contributed by atoms with Crippen LogP contribution in [0.5, 0.6) is 0 Å². The minimum Gasteiger partial charge on any atom is -0.395 e. The molecule has 34 heavy (non-hydrogen) atoms. The van der Waals surface area contributed by atoms with Gasteiger partial charge in [-0.05, 0) is 24.3 Å². The topological polar surface area (TPSA) is 78.9 Å². The van der Waals surface area contributed by atoms with Gasteiger partial charge in [0.2, 0.25) is 0 Å². The third-order valence-corrected chi connectivity index (χ3v) is 5.00. The molecule has 2 rings (SSSR count). The van der Waals surface area contributed by atoms with Crippen molar-refractivity contribution >= 4 is 40.5 Å². The molecule has 0 fully saturated rings. The monoisotopic (exact) mass is 541 g/mol. The molecule has 0 aliphatic rings. The first-order valence-corrected chi connectivity index (χ1v) is 9.06. The number of hydrogen-bond donors (Lipinski definition) is 2. The van der Waals surface area contributed by atoms with Crippen molar-refractivity contribution < 1.29 is 48.7 Å². The van der Waals surface area contributed by atoms with Gasteiger partial charge in [-0.3, -0.25) is 4.79 Å². The van der Waals surface area contributed by atoms with Gasteiger partial charge in [0.25, 0.3) is 5.91 Å². The van der Waals surface area contributed by atoms with Crippen molar-refractivity contribution in [2.75, 3.05) is 11.1 Å². The number of amides is 1. The molecular formula is C18H7Cl2F10N3O. The molecule has 0 aliphatic heterocycles. The van der Waals surface area contributed by atoms with E-state index in [4.69, 9.17) is 34.2 Å². The summed E-state index contributed by atoms with van der Waals surface area (Å²) in [6.07, 6.45) is -13.8. The predicted molar refractivity (Wildman–Crippen MR) is 99.8 cm³/mol. The highest BCUT2D eigenvalue weighted by Gasteiger charge is 2.81. The molecule has 1 unspecified atom stereocenters. The van der Waals surface area contributed by atoms with Crippen LogP contribution in [-0.4, -0.2) is 24.2 Å². The van der Waals surface area contributed by atoms with Gasteiger partial charge in [0.1, 0.15) is 6.07 Å². The molecule has 16 heteroatoms. The second-order valence-electron chi connectivity index (χ2n) is 6.50. The molecule has 4 nitrogen and oxygen atoms in total. The summed E-state index contributed by atoms with van der Waals surface area (Å²) >= 11 is 11.2. The lowest BCUT2D eigenvalue weighted by Crippen LogP contribution is -2.59. The van der Waals surface area contributed by atoms with Crippen molar-refractivity contribution in [1.29, 1.82) is 5.26 Å². The van der Waals surface area contributed by atoms with Gasteiger partial charge in [-0.15, -0.1) is 0 Å². The number of nitriles is 1. The number of carbonyl (C=O) groups is 1. The summed E-state index contributed by atoms with van der Waals surface area (Å²) in [6.45, 7) is 0. The van der Waals surface area contributed by atoms with Gasteiger partial charge in [0, 0.05) is 5.56 Å². The van der Waals surface area contributed by atoms with Crippen LogP contribution < -0.4 is 11.1 Å². The summed E-state index contributed by atoms with van der Waals surface area (Å²) < 4.78 is 134. The fourth-order valence-electron chi connectivity index (χ4n) is 2.66. The van der Waals surface area contributed by atoms with Gasteiger partial charge in [-0.2, -0.15) is 40.4 Å². The molecule has 0 spiro atoms. The van der Waals surface area contributed by atoms with Gasteiger partial charge >= 0.3 is 23.9 Å². The highest BCUT2D eigenvalue weighted by Crippen LogP contribution is 2.59. The SMILES string of the molecule is N#Cc1ccc(C(=O)Nc2c(Cl)cc(C(F)(C(F)(F)F)C(F)(F)C(F)(F)F)cc2Cl)c(F)c1N. The number of halogens is 12. The number of rotatable bonds is 4. The lowest BCUT2D eigenvalue weighted by atomic mass is 9.87. The van der Waals surface area contributed by atoms with Crippen molar-refractivity contribution in [3.05, 3.63) is 56.8 Å². The Morgan fingerprint density at radius 3 is 1.85 bits per heavy atom. The van der Waals surface area contributed by atoms with E-state index in [1.165, 1.54) is 6.07 Å². The molecule has 3 N–H and O–H groups in total. The highest BCUT2D eigenvalue weighted by atomic mass is 35.5. The Balaban J connectivity index is 2.60. The van der Waals surface area contributed by atoms with E-state index in [0.29, 0.717) is 0 Å². The van der Waals surface area contributed by atoms with Crippen LogP contribution in [0, 0.1) is 17.1 Å². The molecule has 0 heterocycles. The maximum Gasteiger partial charge on any atom is 0.457 e. The van der Waals surface area contributed by atoms with E-state index in [0.717, 1.165) is 12.1 Å². The smallest absolute Gasteiger partial charge is 0.395 e. The number of nitrogens with zero attached hydrogens (tertiary/aromatic N) is 1. The summed E-state index contributed by atoms with van der Waals surface area (Å²) in [5.74, 6) is -9.78. The van der Waals surface area contributed by atoms with E-state index in [1.54, 1.807) is 5.32 Å². The van der Waals surface area contributed by atoms with Crippen LogP contribution in [0.4, 0.5) is 55.3 Å². The summed E-state index contributed by atoms with van der Waals surface area (Å²) in [7, 11) is 0. The first-order chi connectivity index (χ1) is 15.3. The zero-order chi connectivity index (χ0) is 26.4. The van der Waals surface area contributed by atoms with Gasteiger partial charge in [-0.25, -0.2) is 8.78 Å². The average Bonchev–Trinajstić information content (AvgIpc) is 2.69. The Morgan fingerprint density at radius 1 is 0.941 bits per heavy atom. The van der Waals surface area contributed by atoms with Crippen molar-refractivity contribution in [1.82, 2.24) is 0 Å². The van der Waals surface area contributed by atoms with E-state index in [2.05, 4.69) is 0 Å². The van der Waals surface area contributed by atoms with E-state index >= 15 is 0 Å². The van der Waals surface area contributed by atoms with Gasteiger partial charge < -0.3 is 11.1 Å². The van der Waals surface area contributed by atoms with E-state index < -0.39 is 68.2 Å². The number of benzene rings is 2. The van der Waals surface area contributed by atoms with Crippen LogP contribution in [0.2, 0.25) is 10.0 Å². The molecule has 1 atom stereocenters. The minimum atomic E-state index is -6.98. The van der Waals surface area contributed by atoms with Crippen LogP contribution in [-0.2, 0) is 5.67 Å². The highest BCUT2D eigenvalue weighted by molar-refractivity contribution is 6.40. The Labute approximate surface area is 192 Å². The Bertz CT molecular complexity index is 1170. The third kappa shape index (κ3) is 4.29. The van der Waals surface area contributed by atoms with Gasteiger partial charge in [-0.1, -0.05) is 23.2 Å².